The van der Waals surface area contributed by atoms with Crippen molar-refractivity contribution in [1.82, 2.24) is 0 Å². The summed E-state index contributed by atoms with van der Waals surface area (Å²) in [6.07, 6.45) is 0.993. The second-order valence-corrected chi connectivity index (χ2v) is 5.57. The third kappa shape index (κ3) is 2.16. The lowest BCUT2D eigenvalue weighted by Gasteiger charge is -2.33. The van der Waals surface area contributed by atoms with Crippen LogP contribution in [0.1, 0.15) is 12.0 Å². The third-order valence-electron chi connectivity index (χ3n) is 4.23. The van der Waals surface area contributed by atoms with Crippen molar-refractivity contribution in [3.05, 3.63) is 59.3 Å². The number of amidine groups is 1. The Labute approximate surface area is 134 Å². The molecular weight excluding hydrogens is 290 g/mol. The van der Waals surface area contributed by atoms with Crippen LogP contribution in [-0.4, -0.2) is 36.5 Å². The lowest BCUT2D eigenvalue weighted by atomic mass is 10.0. The van der Waals surface area contributed by atoms with E-state index in [9.17, 15) is 5.21 Å². The zero-order valence-corrected chi connectivity index (χ0v) is 12.9. The van der Waals surface area contributed by atoms with Gasteiger partial charge < -0.3 is 14.8 Å². The first-order valence-electron chi connectivity index (χ1n) is 7.69. The van der Waals surface area contributed by atoms with Gasteiger partial charge in [-0.05, 0) is 36.8 Å². The Morgan fingerprint density at radius 2 is 1.91 bits per heavy atom. The second kappa shape index (κ2) is 5.43. The topological polar surface area (TPSA) is 50.9 Å². The van der Waals surface area contributed by atoms with Crippen molar-refractivity contribution in [2.45, 2.75) is 6.42 Å². The molecule has 2 aliphatic heterocycles. The molecule has 2 heterocycles. The van der Waals surface area contributed by atoms with Crippen LogP contribution in [0.25, 0.3) is 0 Å². The zero-order valence-electron chi connectivity index (χ0n) is 12.9. The first-order chi connectivity index (χ1) is 11.3. The summed E-state index contributed by atoms with van der Waals surface area (Å²) in [6, 6.07) is 15.2. The fourth-order valence-corrected chi connectivity index (χ4v) is 3.11. The van der Waals surface area contributed by atoms with Crippen LogP contribution in [0.5, 0.6) is 5.75 Å². The molecule has 0 aromatic heterocycles. The number of hydrogen-bond donors (Lipinski definition) is 0. The van der Waals surface area contributed by atoms with Gasteiger partial charge in [0, 0.05) is 19.2 Å². The molecule has 2 aromatic rings. The lowest BCUT2D eigenvalue weighted by Crippen LogP contribution is -2.46. The summed E-state index contributed by atoms with van der Waals surface area (Å²) in [5.41, 5.74) is 3.05. The van der Waals surface area contributed by atoms with Crippen molar-refractivity contribution in [1.29, 1.82) is 0 Å². The van der Waals surface area contributed by atoms with Crippen molar-refractivity contribution < 1.29 is 9.48 Å². The molecule has 0 aliphatic carbocycles. The minimum Gasteiger partial charge on any atom is -0.618 e. The van der Waals surface area contributed by atoms with E-state index in [0.29, 0.717) is 11.4 Å². The molecule has 23 heavy (non-hydrogen) atoms. The van der Waals surface area contributed by atoms with Gasteiger partial charge in [-0.3, -0.25) is 4.99 Å². The Morgan fingerprint density at radius 1 is 1.13 bits per heavy atom. The van der Waals surface area contributed by atoms with Gasteiger partial charge in [0.05, 0.1) is 12.7 Å². The zero-order chi connectivity index (χ0) is 15.8. The molecule has 0 amide bonds. The molecular formula is C18H17N3O2. The van der Waals surface area contributed by atoms with E-state index in [4.69, 9.17) is 4.74 Å². The van der Waals surface area contributed by atoms with Crippen molar-refractivity contribution in [3.8, 4) is 5.75 Å². The Bertz CT molecular complexity index is 809. The maximum atomic E-state index is 13.0. The molecule has 2 aromatic carbocycles. The van der Waals surface area contributed by atoms with Crippen LogP contribution < -0.4 is 9.64 Å². The van der Waals surface area contributed by atoms with Crippen molar-refractivity contribution >= 4 is 22.9 Å². The number of para-hydroxylation sites is 2. The summed E-state index contributed by atoms with van der Waals surface area (Å²) in [5.74, 6) is 1.53. The van der Waals surface area contributed by atoms with E-state index in [0.717, 1.165) is 47.1 Å². The summed E-state index contributed by atoms with van der Waals surface area (Å²) in [5, 5.41) is 13.0. The van der Waals surface area contributed by atoms with Gasteiger partial charge in [0.15, 0.2) is 0 Å². The van der Waals surface area contributed by atoms with Crippen molar-refractivity contribution in [2.24, 2.45) is 4.99 Å². The number of nitrogens with zero attached hydrogens (tertiary/aromatic N) is 3. The fraction of sp³-hybridized carbons (Fsp3) is 0.222. The summed E-state index contributed by atoms with van der Waals surface area (Å²) in [4.78, 5) is 6.78. The summed E-state index contributed by atoms with van der Waals surface area (Å²) in [7, 11) is 1.63. The van der Waals surface area contributed by atoms with Crippen molar-refractivity contribution in [3.63, 3.8) is 0 Å². The van der Waals surface area contributed by atoms with E-state index in [1.807, 2.05) is 48.5 Å². The minimum absolute atomic E-state index is 0.603. The molecule has 5 heteroatoms. The van der Waals surface area contributed by atoms with Gasteiger partial charge in [0.25, 0.3) is 5.71 Å². The number of fused-ring (bicyclic) bond motifs is 3. The van der Waals surface area contributed by atoms with Crippen LogP contribution in [0.4, 0.5) is 11.4 Å². The number of benzene rings is 2. The largest absolute Gasteiger partial charge is 0.618 e. The SMILES string of the molecule is COc1ccc(C2=[N+]([O-])c3ccccc3N3CCCN=C23)cc1. The third-order valence-corrected chi connectivity index (χ3v) is 4.23. The molecule has 0 spiro atoms. The molecule has 116 valence electrons. The standard InChI is InChI=1S/C18H17N3O2/c1-23-14-9-7-13(8-10-14)17-18-19-11-4-12-20(18)15-5-2-3-6-16(15)21(17)22/h2-3,5-10H,4,11-12H2,1H3. The summed E-state index contributed by atoms with van der Waals surface area (Å²) in [6.45, 7) is 1.63. The predicted octanol–water partition coefficient (Wildman–Crippen LogP) is 2.95. The predicted molar refractivity (Wildman–Crippen MR) is 91.1 cm³/mol. The highest BCUT2D eigenvalue weighted by molar-refractivity contribution is 6.51. The molecule has 0 saturated carbocycles. The van der Waals surface area contributed by atoms with E-state index in [-0.39, 0.29) is 0 Å². The van der Waals surface area contributed by atoms with Crippen molar-refractivity contribution in [2.75, 3.05) is 25.1 Å². The number of hydrogen-bond acceptors (Lipinski definition) is 4. The average molecular weight is 307 g/mol. The number of aliphatic imine (C=N–C) groups is 1. The number of ether oxygens (including phenoxy) is 1. The van der Waals surface area contributed by atoms with Crippen LogP contribution in [0.3, 0.4) is 0 Å². The summed E-state index contributed by atoms with van der Waals surface area (Å²) >= 11 is 0. The highest BCUT2D eigenvalue weighted by Gasteiger charge is 2.36. The van der Waals surface area contributed by atoms with E-state index < -0.39 is 0 Å². The minimum atomic E-state index is 0.603. The Morgan fingerprint density at radius 3 is 2.70 bits per heavy atom. The van der Waals surface area contributed by atoms with Crippen LogP contribution >= 0.6 is 0 Å². The summed E-state index contributed by atoms with van der Waals surface area (Å²) < 4.78 is 6.20. The van der Waals surface area contributed by atoms with Crippen LogP contribution in [-0.2, 0) is 0 Å². The molecule has 0 atom stereocenters. The number of anilines is 1. The molecule has 5 nitrogen and oxygen atoms in total. The van der Waals surface area contributed by atoms with Gasteiger partial charge in [-0.25, -0.2) is 0 Å². The molecule has 0 N–H and O–H groups in total. The Kier molecular flexibility index (Phi) is 3.26. The van der Waals surface area contributed by atoms with Gasteiger partial charge in [-0.15, -0.1) is 0 Å². The number of rotatable bonds is 2. The second-order valence-electron chi connectivity index (χ2n) is 5.57. The van der Waals surface area contributed by atoms with E-state index >= 15 is 0 Å². The Hall–Kier alpha value is -2.82. The average Bonchev–Trinajstić information content (AvgIpc) is 2.63. The van der Waals surface area contributed by atoms with Crippen LogP contribution in [0.2, 0.25) is 0 Å². The molecule has 0 bridgehead atoms. The first kappa shape index (κ1) is 13.8. The quantitative estimate of drug-likeness (QED) is 0.633. The molecule has 0 radical (unpaired) electrons. The lowest BCUT2D eigenvalue weighted by molar-refractivity contribution is -0.358. The van der Waals surface area contributed by atoms with Gasteiger partial charge in [0.2, 0.25) is 11.5 Å². The maximum Gasteiger partial charge on any atom is 0.267 e. The molecule has 4 rings (SSSR count). The smallest absolute Gasteiger partial charge is 0.267 e. The monoisotopic (exact) mass is 307 g/mol. The number of methoxy groups -OCH3 is 1. The molecule has 0 unspecified atom stereocenters. The highest BCUT2D eigenvalue weighted by atomic mass is 16.5. The normalized spacial score (nSPS) is 16.6. The van der Waals surface area contributed by atoms with Gasteiger partial charge in [-0.2, -0.15) is 4.74 Å². The van der Waals surface area contributed by atoms with E-state index in [1.165, 1.54) is 0 Å². The van der Waals surface area contributed by atoms with Gasteiger partial charge in [-0.1, -0.05) is 12.1 Å². The van der Waals surface area contributed by atoms with E-state index in [1.54, 1.807) is 7.11 Å². The Balaban J connectivity index is 1.93. The molecule has 2 aliphatic rings. The fourth-order valence-electron chi connectivity index (χ4n) is 3.11. The first-order valence-corrected chi connectivity index (χ1v) is 7.69. The van der Waals surface area contributed by atoms with Crippen LogP contribution in [0.15, 0.2) is 53.5 Å². The maximum absolute atomic E-state index is 13.0. The van der Waals surface area contributed by atoms with Crippen LogP contribution in [0, 0.1) is 5.21 Å². The van der Waals surface area contributed by atoms with Gasteiger partial charge >= 0.3 is 0 Å². The molecule has 0 fully saturated rings. The van der Waals surface area contributed by atoms with Gasteiger partial charge in [0.1, 0.15) is 11.4 Å². The van der Waals surface area contributed by atoms with E-state index in [2.05, 4.69) is 9.89 Å². The molecule has 0 saturated heterocycles. The highest BCUT2D eigenvalue weighted by Crippen LogP contribution is 2.34.